The van der Waals surface area contributed by atoms with Gasteiger partial charge in [0.25, 0.3) is 0 Å². The second kappa shape index (κ2) is 2.46. The standard InChI is InChI=1S/C8H11N2/c1-3-9-6-8-2-4-10-5-7(1)8/h1,3,5,9-10H,2,4,6H2. The minimum Gasteiger partial charge on any atom is -0.387 e. The number of hydrogen-bond acceptors (Lipinski definition) is 2. The fourth-order valence-electron chi connectivity index (χ4n) is 1.34. The van der Waals surface area contributed by atoms with Crippen molar-refractivity contribution in [3.05, 3.63) is 30.0 Å². The summed E-state index contributed by atoms with van der Waals surface area (Å²) >= 11 is 0. The second-order valence-electron chi connectivity index (χ2n) is 2.62. The van der Waals surface area contributed by atoms with Crippen molar-refractivity contribution in [3.8, 4) is 0 Å². The van der Waals surface area contributed by atoms with Gasteiger partial charge in [-0.05, 0) is 36.4 Å². The molecular weight excluding hydrogens is 124 g/mol. The molecule has 2 rings (SSSR count). The summed E-state index contributed by atoms with van der Waals surface area (Å²) in [7, 11) is 0. The van der Waals surface area contributed by atoms with Crippen LogP contribution in [-0.4, -0.2) is 13.1 Å². The van der Waals surface area contributed by atoms with Gasteiger partial charge in [-0.1, -0.05) is 0 Å². The SMILES string of the molecule is [CH]1NCCC2=C1C=CNC2. The molecule has 0 aliphatic carbocycles. The summed E-state index contributed by atoms with van der Waals surface area (Å²) in [5.41, 5.74) is 2.89. The first-order chi connectivity index (χ1) is 4.97. The number of nitrogens with one attached hydrogen (secondary N) is 2. The molecule has 2 heteroatoms. The van der Waals surface area contributed by atoms with E-state index in [1.165, 1.54) is 17.6 Å². The highest BCUT2D eigenvalue weighted by molar-refractivity contribution is 5.37. The Morgan fingerprint density at radius 1 is 1.30 bits per heavy atom. The Morgan fingerprint density at radius 2 is 2.30 bits per heavy atom. The second-order valence-corrected chi connectivity index (χ2v) is 2.62. The van der Waals surface area contributed by atoms with Gasteiger partial charge in [0.15, 0.2) is 0 Å². The van der Waals surface area contributed by atoms with Gasteiger partial charge in [-0.25, -0.2) is 0 Å². The summed E-state index contributed by atoms with van der Waals surface area (Å²) < 4.78 is 0. The molecule has 0 spiro atoms. The molecule has 0 bridgehead atoms. The topological polar surface area (TPSA) is 24.1 Å². The molecule has 0 aromatic rings. The zero-order valence-corrected chi connectivity index (χ0v) is 5.85. The molecule has 2 aliphatic heterocycles. The molecule has 10 heavy (non-hydrogen) atoms. The lowest BCUT2D eigenvalue weighted by Gasteiger charge is -2.21. The van der Waals surface area contributed by atoms with Gasteiger partial charge < -0.3 is 10.6 Å². The van der Waals surface area contributed by atoms with Crippen LogP contribution in [0.25, 0.3) is 0 Å². The van der Waals surface area contributed by atoms with Crippen molar-refractivity contribution in [2.45, 2.75) is 6.42 Å². The first-order valence-corrected chi connectivity index (χ1v) is 3.65. The molecule has 53 valence electrons. The molecule has 2 nitrogen and oxygen atoms in total. The van der Waals surface area contributed by atoms with Crippen LogP contribution in [0.4, 0.5) is 0 Å². The number of rotatable bonds is 0. The molecule has 0 atom stereocenters. The Morgan fingerprint density at radius 3 is 3.20 bits per heavy atom. The van der Waals surface area contributed by atoms with Crippen LogP contribution < -0.4 is 10.6 Å². The molecule has 0 saturated heterocycles. The van der Waals surface area contributed by atoms with Crippen molar-refractivity contribution in [3.63, 3.8) is 0 Å². The van der Waals surface area contributed by atoms with Crippen LogP contribution in [0.5, 0.6) is 0 Å². The molecule has 2 aliphatic rings. The van der Waals surface area contributed by atoms with E-state index in [0.717, 1.165) is 13.1 Å². The van der Waals surface area contributed by atoms with Crippen molar-refractivity contribution in [1.29, 1.82) is 0 Å². The zero-order valence-electron chi connectivity index (χ0n) is 5.85. The van der Waals surface area contributed by atoms with E-state index in [-0.39, 0.29) is 0 Å². The van der Waals surface area contributed by atoms with Crippen LogP contribution >= 0.6 is 0 Å². The van der Waals surface area contributed by atoms with Crippen molar-refractivity contribution >= 4 is 0 Å². The van der Waals surface area contributed by atoms with E-state index in [1.807, 2.05) is 6.20 Å². The summed E-state index contributed by atoms with van der Waals surface area (Å²) in [5, 5.41) is 6.42. The third kappa shape index (κ3) is 0.948. The minimum absolute atomic E-state index is 1.03. The highest BCUT2D eigenvalue weighted by Crippen LogP contribution is 2.17. The summed E-state index contributed by atoms with van der Waals surface area (Å²) in [4.78, 5) is 0. The lowest BCUT2D eigenvalue weighted by atomic mass is 10.00. The first-order valence-electron chi connectivity index (χ1n) is 3.65. The van der Waals surface area contributed by atoms with E-state index >= 15 is 0 Å². The predicted molar refractivity (Wildman–Crippen MR) is 41.1 cm³/mol. The van der Waals surface area contributed by atoms with Gasteiger partial charge in [-0.15, -0.1) is 0 Å². The Labute approximate surface area is 61.0 Å². The van der Waals surface area contributed by atoms with Crippen molar-refractivity contribution < 1.29 is 0 Å². The summed E-state index contributed by atoms with van der Waals surface area (Å²) in [5.74, 6) is 0. The maximum absolute atomic E-state index is 3.22. The highest BCUT2D eigenvalue weighted by atomic mass is 14.9. The quantitative estimate of drug-likeness (QED) is 0.507. The van der Waals surface area contributed by atoms with Gasteiger partial charge in [0.1, 0.15) is 0 Å². The molecule has 0 saturated carbocycles. The van der Waals surface area contributed by atoms with Crippen molar-refractivity contribution in [1.82, 2.24) is 10.6 Å². The van der Waals surface area contributed by atoms with E-state index in [2.05, 4.69) is 23.3 Å². The van der Waals surface area contributed by atoms with Crippen molar-refractivity contribution in [2.75, 3.05) is 13.1 Å². The van der Waals surface area contributed by atoms with Gasteiger partial charge in [-0.2, -0.15) is 0 Å². The normalized spacial score (nSPS) is 24.0. The lowest BCUT2D eigenvalue weighted by Crippen LogP contribution is -2.26. The van der Waals surface area contributed by atoms with Crippen LogP contribution in [0.15, 0.2) is 23.4 Å². The van der Waals surface area contributed by atoms with E-state index < -0.39 is 0 Å². The third-order valence-corrected chi connectivity index (χ3v) is 1.93. The van der Waals surface area contributed by atoms with Gasteiger partial charge in [0.2, 0.25) is 0 Å². The predicted octanol–water partition coefficient (Wildman–Crippen LogP) is 0.555. The zero-order chi connectivity index (χ0) is 6.81. The molecule has 0 aromatic heterocycles. The fraction of sp³-hybridized carbons (Fsp3) is 0.375. The molecule has 0 aromatic carbocycles. The molecular formula is C8H11N2. The molecule has 2 N–H and O–H groups in total. The van der Waals surface area contributed by atoms with Crippen LogP contribution in [0.1, 0.15) is 6.42 Å². The Balaban J connectivity index is 2.23. The Kier molecular flexibility index (Phi) is 1.47. The van der Waals surface area contributed by atoms with Crippen LogP contribution in [0, 0.1) is 6.54 Å². The van der Waals surface area contributed by atoms with Crippen LogP contribution in [0.2, 0.25) is 0 Å². The van der Waals surface area contributed by atoms with E-state index in [4.69, 9.17) is 0 Å². The monoisotopic (exact) mass is 135 g/mol. The summed E-state index contributed by atoms with van der Waals surface area (Å²) in [6.45, 7) is 4.22. The molecule has 0 fully saturated rings. The van der Waals surface area contributed by atoms with Crippen molar-refractivity contribution in [2.24, 2.45) is 0 Å². The lowest BCUT2D eigenvalue weighted by molar-refractivity contribution is 0.707. The Hall–Kier alpha value is -0.760. The third-order valence-electron chi connectivity index (χ3n) is 1.93. The van der Waals surface area contributed by atoms with Gasteiger partial charge >= 0.3 is 0 Å². The average molecular weight is 135 g/mol. The van der Waals surface area contributed by atoms with E-state index in [0.29, 0.717) is 0 Å². The first kappa shape index (κ1) is 5.98. The largest absolute Gasteiger partial charge is 0.387 e. The summed E-state index contributed by atoms with van der Waals surface area (Å²) in [6, 6.07) is 0. The maximum Gasteiger partial charge on any atom is 0.0519 e. The van der Waals surface area contributed by atoms with E-state index in [9.17, 15) is 0 Å². The van der Waals surface area contributed by atoms with Gasteiger partial charge in [0.05, 0.1) is 6.54 Å². The Bertz CT molecular complexity index is 191. The summed E-state index contributed by atoms with van der Waals surface area (Å²) in [6.07, 6.45) is 5.30. The number of hydrogen-bond donors (Lipinski definition) is 2. The van der Waals surface area contributed by atoms with E-state index in [1.54, 1.807) is 0 Å². The van der Waals surface area contributed by atoms with Gasteiger partial charge in [0, 0.05) is 6.54 Å². The minimum atomic E-state index is 1.03. The highest BCUT2D eigenvalue weighted by Gasteiger charge is 2.11. The molecule has 2 heterocycles. The smallest absolute Gasteiger partial charge is 0.0519 e. The number of dihydropyridines is 1. The molecule has 1 radical (unpaired) electrons. The maximum atomic E-state index is 3.22. The average Bonchev–Trinajstić information content (AvgIpc) is 2.05. The molecule has 0 amide bonds. The van der Waals surface area contributed by atoms with Crippen LogP contribution in [-0.2, 0) is 0 Å². The fourth-order valence-corrected chi connectivity index (χ4v) is 1.34. The van der Waals surface area contributed by atoms with Gasteiger partial charge in [-0.3, -0.25) is 0 Å². The molecule has 0 unspecified atom stereocenters. The van der Waals surface area contributed by atoms with Crippen LogP contribution in [0.3, 0.4) is 0 Å².